The van der Waals surface area contributed by atoms with E-state index in [1.807, 2.05) is 13.0 Å². The summed E-state index contributed by atoms with van der Waals surface area (Å²) in [6, 6.07) is 3.59. The SMILES string of the molecule is CCN(C(=O)CCSCCC(F)(F)Cl)c1cn(-c2cccnc2)nc1Cl. The number of rotatable bonds is 9. The number of aromatic nitrogens is 3. The minimum absolute atomic E-state index is 0.148. The molecule has 0 atom stereocenters. The monoisotopic (exact) mass is 422 g/mol. The van der Waals surface area contributed by atoms with E-state index in [1.165, 1.54) is 16.7 Å². The van der Waals surface area contributed by atoms with E-state index >= 15 is 0 Å². The normalized spacial score (nSPS) is 11.6. The van der Waals surface area contributed by atoms with Crippen LogP contribution in [-0.2, 0) is 4.79 Å². The summed E-state index contributed by atoms with van der Waals surface area (Å²) in [5.41, 5.74) is 1.22. The number of alkyl halides is 3. The van der Waals surface area contributed by atoms with E-state index in [4.69, 9.17) is 23.2 Å². The number of amides is 1. The number of carbonyl (C=O) groups excluding carboxylic acids is 1. The zero-order chi connectivity index (χ0) is 19.2. The van der Waals surface area contributed by atoms with Gasteiger partial charge in [0.15, 0.2) is 5.15 Å². The van der Waals surface area contributed by atoms with Crippen molar-refractivity contribution in [2.75, 3.05) is 23.0 Å². The molecule has 0 radical (unpaired) electrons. The Kier molecular flexibility index (Phi) is 7.67. The van der Waals surface area contributed by atoms with Crippen LogP contribution in [0, 0.1) is 0 Å². The summed E-state index contributed by atoms with van der Waals surface area (Å²) in [5.74, 6) is 0.469. The van der Waals surface area contributed by atoms with E-state index < -0.39 is 11.8 Å². The van der Waals surface area contributed by atoms with Crippen LogP contribution in [0.3, 0.4) is 0 Å². The highest BCUT2D eigenvalue weighted by molar-refractivity contribution is 7.99. The predicted octanol–water partition coefficient (Wildman–Crippen LogP) is 4.62. The highest BCUT2D eigenvalue weighted by Gasteiger charge is 2.24. The Morgan fingerprint density at radius 3 is 2.81 bits per heavy atom. The first-order chi connectivity index (χ1) is 12.3. The van der Waals surface area contributed by atoms with E-state index in [9.17, 15) is 13.6 Å². The molecule has 1 amide bonds. The molecular formula is C16H18Cl2F2N4OS. The van der Waals surface area contributed by atoms with Crippen LogP contribution in [0.4, 0.5) is 14.5 Å². The zero-order valence-electron chi connectivity index (χ0n) is 14.0. The van der Waals surface area contributed by atoms with E-state index in [0.717, 1.165) is 5.69 Å². The van der Waals surface area contributed by atoms with Crippen LogP contribution in [0.2, 0.25) is 5.15 Å². The van der Waals surface area contributed by atoms with Gasteiger partial charge in [0.1, 0.15) is 5.69 Å². The molecule has 2 aromatic heterocycles. The van der Waals surface area contributed by atoms with Gasteiger partial charge in [-0.05, 0) is 30.7 Å². The Balaban J connectivity index is 1.97. The number of nitrogens with zero attached hydrogens (tertiary/aromatic N) is 4. The number of thioether (sulfide) groups is 1. The standard InChI is InChI=1S/C16H18Cl2F2N4OS/c1-2-23(14(25)5-8-26-9-6-16(18,19)20)13-11-24(22-15(13)17)12-4-3-7-21-10-12/h3-4,7,10-11H,2,5-6,8-9H2,1H3. The van der Waals surface area contributed by atoms with Crippen molar-refractivity contribution in [1.82, 2.24) is 14.8 Å². The number of halogens is 4. The molecule has 0 fully saturated rings. The first-order valence-corrected chi connectivity index (χ1v) is 9.83. The van der Waals surface area contributed by atoms with Gasteiger partial charge in [0.25, 0.3) is 0 Å². The summed E-state index contributed by atoms with van der Waals surface area (Å²) in [5, 5.41) is 1.23. The van der Waals surface area contributed by atoms with Gasteiger partial charge < -0.3 is 4.90 Å². The van der Waals surface area contributed by atoms with E-state index in [-0.39, 0.29) is 23.2 Å². The van der Waals surface area contributed by atoms with Gasteiger partial charge in [0.2, 0.25) is 5.91 Å². The highest BCUT2D eigenvalue weighted by Crippen LogP contribution is 2.27. The molecule has 0 saturated heterocycles. The first-order valence-electron chi connectivity index (χ1n) is 7.92. The van der Waals surface area contributed by atoms with E-state index in [2.05, 4.69) is 10.1 Å². The molecule has 0 aliphatic heterocycles. The molecule has 2 heterocycles. The Labute approximate surface area is 164 Å². The molecule has 0 spiro atoms. The fourth-order valence-electron chi connectivity index (χ4n) is 2.21. The lowest BCUT2D eigenvalue weighted by Gasteiger charge is -2.19. The van der Waals surface area contributed by atoms with Crippen molar-refractivity contribution in [2.24, 2.45) is 0 Å². The molecule has 0 aromatic carbocycles. The molecule has 0 saturated carbocycles. The van der Waals surface area contributed by atoms with Crippen molar-refractivity contribution in [1.29, 1.82) is 0 Å². The average molecular weight is 423 g/mol. The number of hydrogen-bond acceptors (Lipinski definition) is 4. The van der Waals surface area contributed by atoms with Gasteiger partial charge in [-0.15, -0.1) is 0 Å². The summed E-state index contributed by atoms with van der Waals surface area (Å²) >= 11 is 12.3. The van der Waals surface area contributed by atoms with Gasteiger partial charge in [-0.2, -0.15) is 25.6 Å². The van der Waals surface area contributed by atoms with Crippen LogP contribution in [-0.4, -0.2) is 44.1 Å². The second-order valence-electron chi connectivity index (χ2n) is 5.33. The molecule has 26 heavy (non-hydrogen) atoms. The average Bonchev–Trinajstić information content (AvgIpc) is 2.97. The molecule has 0 bridgehead atoms. The van der Waals surface area contributed by atoms with Crippen molar-refractivity contribution >= 4 is 46.6 Å². The molecule has 142 valence electrons. The summed E-state index contributed by atoms with van der Waals surface area (Å²) in [7, 11) is 0. The fourth-order valence-corrected chi connectivity index (χ4v) is 3.57. The Hall–Kier alpha value is -1.38. The largest absolute Gasteiger partial charge is 0.322 e. The molecule has 2 aromatic rings. The third-order valence-corrected chi connectivity index (χ3v) is 4.90. The van der Waals surface area contributed by atoms with Gasteiger partial charge in [-0.3, -0.25) is 9.78 Å². The minimum Gasteiger partial charge on any atom is -0.308 e. The van der Waals surface area contributed by atoms with Crippen molar-refractivity contribution in [3.8, 4) is 5.69 Å². The van der Waals surface area contributed by atoms with Crippen molar-refractivity contribution in [2.45, 2.75) is 25.1 Å². The van der Waals surface area contributed by atoms with Gasteiger partial charge in [0.05, 0.1) is 18.1 Å². The highest BCUT2D eigenvalue weighted by atomic mass is 35.5. The van der Waals surface area contributed by atoms with Crippen molar-refractivity contribution in [3.63, 3.8) is 0 Å². The molecule has 10 heteroatoms. The van der Waals surface area contributed by atoms with E-state index in [1.54, 1.807) is 29.3 Å². The molecular weight excluding hydrogens is 405 g/mol. The second-order valence-corrected chi connectivity index (χ2v) is 7.46. The Bertz CT molecular complexity index is 725. The van der Waals surface area contributed by atoms with Crippen molar-refractivity contribution < 1.29 is 13.6 Å². The van der Waals surface area contributed by atoms with Crippen LogP contribution in [0.5, 0.6) is 0 Å². The van der Waals surface area contributed by atoms with Gasteiger partial charge in [0, 0.05) is 37.1 Å². The summed E-state index contributed by atoms with van der Waals surface area (Å²) in [6.45, 7) is 2.25. The summed E-state index contributed by atoms with van der Waals surface area (Å²) in [4.78, 5) is 18.0. The number of pyridine rings is 1. The van der Waals surface area contributed by atoms with Crippen LogP contribution in [0.25, 0.3) is 5.69 Å². The molecule has 2 rings (SSSR count). The quantitative estimate of drug-likeness (QED) is 0.436. The maximum absolute atomic E-state index is 12.5. The first kappa shape index (κ1) is 20.9. The molecule has 5 nitrogen and oxygen atoms in total. The van der Waals surface area contributed by atoms with Crippen LogP contribution in [0.15, 0.2) is 30.7 Å². The van der Waals surface area contributed by atoms with Crippen LogP contribution < -0.4 is 4.90 Å². The molecule has 0 N–H and O–H groups in total. The third kappa shape index (κ3) is 6.10. The van der Waals surface area contributed by atoms with Gasteiger partial charge in [-0.25, -0.2) is 4.68 Å². The maximum atomic E-state index is 12.5. The molecule has 0 aliphatic carbocycles. The predicted molar refractivity (Wildman–Crippen MR) is 102 cm³/mol. The summed E-state index contributed by atoms with van der Waals surface area (Å²) in [6.07, 6.45) is 4.74. The van der Waals surface area contributed by atoms with Crippen LogP contribution >= 0.6 is 35.0 Å². The molecule has 0 aliphatic rings. The Morgan fingerprint density at radius 1 is 1.42 bits per heavy atom. The van der Waals surface area contributed by atoms with E-state index in [0.29, 0.717) is 18.0 Å². The lowest BCUT2D eigenvalue weighted by Crippen LogP contribution is -2.30. The molecule has 0 unspecified atom stereocenters. The lowest BCUT2D eigenvalue weighted by atomic mass is 10.3. The summed E-state index contributed by atoms with van der Waals surface area (Å²) < 4.78 is 26.6. The fraction of sp³-hybridized carbons (Fsp3) is 0.438. The second kappa shape index (κ2) is 9.53. The number of carbonyl (C=O) groups is 1. The van der Waals surface area contributed by atoms with Gasteiger partial charge in [-0.1, -0.05) is 11.6 Å². The number of anilines is 1. The van der Waals surface area contributed by atoms with Gasteiger partial charge >= 0.3 is 5.38 Å². The lowest BCUT2D eigenvalue weighted by molar-refractivity contribution is -0.118. The third-order valence-electron chi connectivity index (χ3n) is 3.46. The minimum atomic E-state index is -3.19. The van der Waals surface area contributed by atoms with Crippen LogP contribution in [0.1, 0.15) is 19.8 Å². The Morgan fingerprint density at radius 2 is 2.19 bits per heavy atom. The maximum Gasteiger partial charge on any atom is 0.322 e. The number of hydrogen-bond donors (Lipinski definition) is 0. The zero-order valence-corrected chi connectivity index (χ0v) is 16.4. The van der Waals surface area contributed by atoms with Crippen molar-refractivity contribution in [3.05, 3.63) is 35.9 Å². The topological polar surface area (TPSA) is 51.0 Å². The smallest absolute Gasteiger partial charge is 0.308 e.